The Morgan fingerprint density at radius 3 is 2.05 bits per heavy atom. The summed E-state index contributed by atoms with van der Waals surface area (Å²) in [5.41, 5.74) is 0.700. The van der Waals surface area contributed by atoms with Crippen LogP contribution in [0.15, 0.2) is 12.4 Å². The van der Waals surface area contributed by atoms with Crippen molar-refractivity contribution >= 4 is 5.97 Å². The van der Waals surface area contributed by atoms with Crippen molar-refractivity contribution in [3.63, 3.8) is 0 Å². The van der Waals surface area contributed by atoms with E-state index in [1.54, 1.807) is 0 Å². The molecule has 0 aromatic carbocycles. The Balaban J connectivity index is 2.53. The zero-order valence-electron chi connectivity index (χ0n) is 12.8. The predicted octanol–water partition coefficient (Wildman–Crippen LogP) is 3.05. The molecule has 0 amide bonds. The molecule has 1 aromatic heterocycles. The second kappa shape index (κ2) is 5.68. The molecular weight excluding hydrogens is 240 g/mol. The van der Waals surface area contributed by atoms with Crippen molar-refractivity contribution in [2.45, 2.75) is 65.4 Å². The summed E-state index contributed by atoms with van der Waals surface area (Å²) in [5, 5.41) is 0. The van der Waals surface area contributed by atoms with Gasteiger partial charge in [-0.1, -0.05) is 20.8 Å². The van der Waals surface area contributed by atoms with Gasteiger partial charge in [0.2, 0.25) is 0 Å². The first-order chi connectivity index (χ1) is 8.58. The van der Waals surface area contributed by atoms with E-state index in [0.717, 1.165) is 5.56 Å². The van der Waals surface area contributed by atoms with Gasteiger partial charge in [0.25, 0.3) is 0 Å². The Hall–Kier alpha value is -1.45. The van der Waals surface area contributed by atoms with Crippen LogP contribution in [0, 0.1) is 0 Å². The predicted molar refractivity (Wildman–Crippen MR) is 74.9 cm³/mol. The zero-order valence-corrected chi connectivity index (χ0v) is 12.8. The Labute approximate surface area is 115 Å². The minimum atomic E-state index is -0.436. The van der Waals surface area contributed by atoms with Gasteiger partial charge in [0.1, 0.15) is 11.4 Å². The molecule has 106 valence electrons. The molecule has 1 rings (SSSR count). The van der Waals surface area contributed by atoms with Gasteiger partial charge in [-0.3, -0.25) is 4.79 Å². The third-order valence-corrected chi connectivity index (χ3v) is 2.54. The van der Waals surface area contributed by atoms with Crippen LogP contribution in [0.25, 0.3) is 0 Å². The molecule has 0 aliphatic rings. The van der Waals surface area contributed by atoms with Crippen molar-refractivity contribution in [3.8, 4) is 0 Å². The first kappa shape index (κ1) is 15.6. The quantitative estimate of drug-likeness (QED) is 0.787. The van der Waals surface area contributed by atoms with E-state index in [9.17, 15) is 4.79 Å². The number of ether oxygens (including phenoxy) is 1. The Morgan fingerprint density at radius 1 is 1.11 bits per heavy atom. The summed E-state index contributed by atoms with van der Waals surface area (Å²) in [7, 11) is 0. The summed E-state index contributed by atoms with van der Waals surface area (Å²) in [4.78, 5) is 20.2. The summed E-state index contributed by atoms with van der Waals surface area (Å²) >= 11 is 0. The van der Waals surface area contributed by atoms with E-state index in [0.29, 0.717) is 18.7 Å². The number of carbonyl (C=O) groups excluding carboxylic acids is 1. The molecule has 0 aliphatic heterocycles. The standard InChI is InChI=1S/C15H24N2O2/c1-14(2,3)11-9-16-12(17-10-11)7-8-13(18)19-15(4,5)6/h9-10H,7-8H2,1-6H3. The molecule has 1 heterocycles. The molecule has 0 atom stereocenters. The zero-order chi connectivity index (χ0) is 14.7. The summed E-state index contributed by atoms with van der Waals surface area (Å²) in [6, 6.07) is 0. The lowest BCUT2D eigenvalue weighted by Gasteiger charge is -2.19. The SMILES string of the molecule is CC(C)(C)OC(=O)CCc1ncc(C(C)(C)C)cn1. The van der Waals surface area contributed by atoms with E-state index >= 15 is 0 Å². The summed E-state index contributed by atoms with van der Waals surface area (Å²) in [5.74, 6) is 0.467. The summed E-state index contributed by atoms with van der Waals surface area (Å²) in [6.45, 7) is 11.9. The maximum absolute atomic E-state index is 11.6. The number of aromatic nitrogens is 2. The lowest BCUT2D eigenvalue weighted by Crippen LogP contribution is -2.24. The molecule has 4 heteroatoms. The molecule has 19 heavy (non-hydrogen) atoms. The highest BCUT2D eigenvalue weighted by atomic mass is 16.6. The number of rotatable bonds is 3. The van der Waals surface area contributed by atoms with E-state index in [4.69, 9.17) is 4.74 Å². The van der Waals surface area contributed by atoms with Crippen molar-refractivity contribution in [2.75, 3.05) is 0 Å². The molecule has 0 spiro atoms. The van der Waals surface area contributed by atoms with E-state index < -0.39 is 5.60 Å². The lowest BCUT2D eigenvalue weighted by molar-refractivity contribution is -0.154. The topological polar surface area (TPSA) is 52.1 Å². The van der Waals surface area contributed by atoms with Gasteiger partial charge in [-0.25, -0.2) is 9.97 Å². The highest BCUT2D eigenvalue weighted by molar-refractivity contribution is 5.70. The van der Waals surface area contributed by atoms with Crippen molar-refractivity contribution in [3.05, 3.63) is 23.8 Å². The molecule has 4 nitrogen and oxygen atoms in total. The maximum Gasteiger partial charge on any atom is 0.306 e. The second-order valence-corrected chi connectivity index (χ2v) is 6.72. The Morgan fingerprint density at radius 2 is 1.63 bits per heavy atom. The molecule has 0 bridgehead atoms. The summed E-state index contributed by atoms with van der Waals surface area (Å²) < 4.78 is 5.24. The van der Waals surface area contributed by atoms with Gasteiger partial charge < -0.3 is 4.74 Å². The average molecular weight is 264 g/mol. The molecule has 0 saturated carbocycles. The van der Waals surface area contributed by atoms with Gasteiger partial charge in [0, 0.05) is 18.8 Å². The average Bonchev–Trinajstić information content (AvgIpc) is 2.23. The van der Waals surface area contributed by atoms with Crippen LogP contribution in [0.4, 0.5) is 0 Å². The monoisotopic (exact) mass is 264 g/mol. The Kier molecular flexibility index (Phi) is 4.66. The third-order valence-electron chi connectivity index (χ3n) is 2.54. The molecule has 0 N–H and O–H groups in total. The van der Waals surface area contributed by atoms with Crippen LogP contribution >= 0.6 is 0 Å². The first-order valence-corrected chi connectivity index (χ1v) is 6.61. The lowest BCUT2D eigenvalue weighted by atomic mass is 9.89. The van der Waals surface area contributed by atoms with Gasteiger partial charge in [-0.15, -0.1) is 0 Å². The van der Waals surface area contributed by atoms with Gasteiger partial charge in [0.05, 0.1) is 6.42 Å². The minimum absolute atomic E-state index is 0.0453. The largest absolute Gasteiger partial charge is 0.460 e. The maximum atomic E-state index is 11.6. The van der Waals surface area contributed by atoms with Crippen LogP contribution in [0.1, 0.15) is 59.4 Å². The van der Waals surface area contributed by atoms with E-state index in [2.05, 4.69) is 30.7 Å². The Bertz CT molecular complexity index is 425. The minimum Gasteiger partial charge on any atom is -0.460 e. The highest BCUT2D eigenvalue weighted by Crippen LogP contribution is 2.20. The van der Waals surface area contributed by atoms with Crippen molar-refractivity contribution in [1.29, 1.82) is 0 Å². The molecule has 0 aliphatic carbocycles. The van der Waals surface area contributed by atoms with Crippen LogP contribution < -0.4 is 0 Å². The van der Waals surface area contributed by atoms with Gasteiger partial charge in [0.15, 0.2) is 0 Å². The number of nitrogens with zero attached hydrogens (tertiary/aromatic N) is 2. The molecule has 0 fully saturated rings. The van der Waals surface area contributed by atoms with Crippen LogP contribution in [0.2, 0.25) is 0 Å². The number of esters is 1. The fraction of sp³-hybridized carbons (Fsp3) is 0.667. The first-order valence-electron chi connectivity index (χ1n) is 6.61. The molecule has 0 saturated heterocycles. The molecular formula is C15H24N2O2. The highest BCUT2D eigenvalue weighted by Gasteiger charge is 2.17. The van der Waals surface area contributed by atoms with E-state index in [1.807, 2.05) is 33.2 Å². The number of aryl methyl sites for hydroxylation is 1. The fourth-order valence-corrected chi connectivity index (χ4v) is 1.48. The molecule has 0 radical (unpaired) electrons. The molecule has 0 unspecified atom stereocenters. The second-order valence-electron chi connectivity index (χ2n) is 6.72. The number of hydrogen-bond acceptors (Lipinski definition) is 4. The smallest absolute Gasteiger partial charge is 0.306 e. The van der Waals surface area contributed by atoms with E-state index in [1.165, 1.54) is 0 Å². The summed E-state index contributed by atoms with van der Waals surface area (Å²) in [6.07, 6.45) is 4.49. The van der Waals surface area contributed by atoms with Crippen LogP contribution in [-0.2, 0) is 21.4 Å². The normalized spacial score (nSPS) is 12.3. The third kappa shape index (κ3) is 5.81. The fourth-order valence-electron chi connectivity index (χ4n) is 1.48. The number of carbonyl (C=O) groups is 1. The van der Waals surface area contributed by atoms with E-state index in [-0.39, 0.29) is 11.4 Å². The van der Waals surface area contributed by atoms with Crippen LogP contribution in [0.3, 0.4) is 0 Å². The van der Waals surface area contributed by atoms with Crippen molar-refractivity contribution < 1.29 is 9.53 Å². The number of hydrogen-bond donors (Lipinski definition) is 0. The van der Waals surface area contributed by atoms with Gasteiger partial charge in [-0.2, -0.15) is 0 Å². The van der Waals surface area contributed by atoms with Crippen LogP contribution in [-0.4, -0.2) is 21.5 Å². The van der Waals surface area contributed by atoms with Gasteiger partial charge in [-0.05, 0) is 31.7 Å². The van der Waals surface area contributed by atoms with Gasteiger partial charge >= 0.3 is 5.97 Å². The van der Waals surface area contributed by atoms with Crippen molar-refractivity contribution in [1.82, 2.24) is 9.97 Å². The van der Waals surface area contributed by atoms with Crippen molar-refractivity contribution in [2.24, 2.45) is 0 Å². The van der Waals surface area contributed by atoms with Crippen LogP contribution in [0.5, 0.6) is 0 Å². The molecule has 1 aromatic rings.